The zero-order chi connectivity index (χ0) is 21.8. The van der Waals surface area contributed by atoms with Crippen molar-refractivity contribution in [3.8, 4) is 16.5 Å². The molecule has 2 aromatic carbocycles. The summed E-state index contributed by atoms with van der Waals surface area (Å²) < 4.78 is 13.2. The van der Waals surface area contributed by atoms with Gasteiger partial charge in [0.25, 0.3) is 0 Å². The zero-order valence-corrected chi connectivity index (χ0v) is 18.9. The molecule has 5 aromatic rings. The number of ether oxygens (including phenoxy) is 2. The van der Waals surface area contributed by atoms with Gasteiger partial charge in [0.1, 0.15) is 16.7 Å². The Hall–Kier alpha value is -3.42. The summed E-state index contributed by atoms with van der Waals surface area (Å²) in [7, 11) is 3.42. The van der Waals surface area contributed by atoms with Gasteiger partial charge in [-0.3, -0.25) is 4.57 Å². The molecule has 32 heavy (non-hydrogen) atoms. The average Bonchev–Trinajstić information content (AvgIpc) is 3.37. The van der Waals surface area contributed by atoms with Crippen LogP contribution in [0.4, 0.5) is 5.69 Å². The number of fused-ring (bicyclic) bond motifs is 7. The van der Waals surface area contributed by atoms with Crippen molar-refractivity contribution in [3.63, 3.8) is 0 Å². The molecule has 3 aromatic heterocycles. The maximum Gasteiger partial charge on any atom is 0.155 e. The molecule has 160 valence electrons. The van der Waals surface area contributed by atoms with Crippen LogP contribution in [0.25, 0.3) is 32.0 Å². The summed E-state index contributed by atoms with van der Waals surface area (Å²) in [6, 6.07) is 18.6. The van der Waals surface area contributed by atoms with E-state index in [-0.39, 0.29) is 6.17 Å². The van der Waals surface area contributed by atoms with E-state index in [0.29, 0.717) is 6.61 Å². The Morgan fingerprint density at radius 2 is 1.88 bits per heavy atom. The highest BCUT2D eigenvalue weighted by Crippen LogP contribution is 2.49. The van der Waals surface area contributed by atoms with Crippen LogP contribution in [-0.2, 0) is 11.3 Å². The lowest BCUT2D eigenvalue weighted by atomic mass is 10.1. The first-order valence-corrected chi connectivity index (χ1v) is 11.3. The minimum atomic E-state index is -0.106. The van der Waals surface area contributed by atoms with Gasteiger partial charge in [-0.1, -0.05) is 24.3 Å². The van der Waals surface area contributed by atoms with Gasteiger partial charge in [-0.2, -0.15) is 0 Å². The fraction of sp³-hybridized carbons (Fsp3) is 0.200. The van der Waals surface area contributed by atoms with Gasteiger partial charge < -0.3 is 14.8 Å². The Kier molecular flexibility index (Phi) is 4.41. The van der Waals surface area contributed by atoms with Crippen LogP contribution in [0.2, 0.25) is 0 Å². The highest BCUT2D eigenvalue weighted by molar-refractivity contribution is 7.22. The normalized spacial score (nSPS) is 14.9. The number of aromatic nitrogens is 3. The van der Waals surface area contributed by atoms with Crippen molar-refractivity contribution >= 4 is 38.3 Å². The molecule has 1 N–H and O–H groups in total. The van der Waals surface area contributed by atoms with Crippen LogP contribution in [-0.4, -0.2) is 28.8 Å². The monoisotopic (exact) mass is 442 g/mol. The molecule has 1 atom stereocenters. The van der Waals surface area contributed by atoms with Gasteiger partial charge in [-0.25, -0.2) is 9.97 Å². The predicted molar refractivity (Wildman–Crippen MR) is 129 cm³/mol. The van der Waals surface area contributed by atoms with E-state index in [1.165, 1.54) is 0 Å². The Labute approximate surface area is 189 Å². The number of methoxy groups -OCH3 is 2. The van der Waals surface area contributed by atoms with Crippen LogP contribution < -0.4 is 10.1 Å². The number of thiophene rings is 1. The lowest BCUT2D eigenvalue weighted by molar-refractivity contribution is 0.186. The topological polar surface area (TPSA) is 61.2 Å². The lowest BCUT2D eigenvalue weighted by Gasteiger charge is -2.29. The molecule has 0 fully saturated rings. The van der Waals surface area contributed by atoms with Crippen molar-refractivity contribution in [2.24, 2.45) is 0 Å². The van der Waals surface area contributed by atoms with E-state index in [4.69, 9.17) is 19.4 Å². The number of hydrogen-bond acceptors (Lipinski definition) is 6. The fourth-order valence-corrected chi connectivity index (χ4v) is 5.78. The second-order valence-electron chi connectivity index (χ2n) is 7.96. The fourth-order valence-electron chi connectivity index (χ4n) is 4.56. The summed E-state index contributed by atoms with van der Waals surface area (Å²) >= 11 is 1.68. The number of benzene rings is 2. The molecule has 0 radical (unpaired) electrons. The van der Waals surface area contributed by atoms with Crippen molar-refractivity contribution in [1.29, 1.82) is 0 Å². The molecule has 6 nitrogen and oxygen atoms in total. The number of imidazole rings is 1. The molecule has 0 unspecified atom stereocenters. The van der Waals surface area contributed by atoms with Crippen LogP contribution in [0.15, 0.2) is 54.6 Å². The molecule has 0 aliphatic carbocycles. The van der Waals surface area contributed by atoms with E-state index < -0.39 is 0 Å². The molecule has 0 saturated heterocycles. The van der Waals surface area contributed by atoms with E-state index in [0.717, 1.165) is 60.2 Å². The van der Waals surface area contributed by atoms with E-state index >= 15 is 0 Å². The van der Waals surface area contributed by atoms with Gasteiger partial charge >= 0.3 is 0 Å². The summed E-state index contributed by atoms with van der Waals surface area (Å²) in [6.07, 6.45) is -0.106. The number of aryl methyl sites for hydroxylation is 1. The van der Waals surface area contributed by atoms with Crippen molar-refractivity contribution < 1.29 is 9.47 Å². The van der Waals surface area contributed by atoms with Crippen molar-refractivity contribution in [1.82, 2.24) is 14.5 Å². The van der Waals surface area contributed by atoms with Crippen LogP contribution in [0.5, 0.6) is 5.75 Å². The summed E-state index contributed by atoms with van der Waals surface area (Å²) in [5.74, 6) is 1.80. The molecule has 0 spiro atoms. The van der Waals surface area contributed by atoms with Crippen LogP contribution in [0, 0.1) is 6.92 Å². The predicted octanol–water partition coefficient (Wildman–Crippen LogP) is 5.75. The molecular weight excluding hydrogens is 420 g/mol. The van der Waals surface area contributed by atoms with Crippen molar-refractivity contribution in [2.45, 2.75) is 19.7 Å². The van der Waals surface area contributed by atoms with Crippen molar-refractivity contribution in [2.75, 3.05) is 19.5 Å². The van der Waals surface area contributed by atoms with Gasteiger partial charge in [0.05, 0.1) is 35.3 Å². The molecule has 1 aliphatic heterocycles. The molecule has 0 bridgehead atoms. The number of hydrogen-bond donors (Lipinski definition) is 1. The molecule has 1 aliphatic rings. The SMILES string of the molecule is COCc1cc(C)nc2sc3c(c12)N[C@H](c1ccc(OC)cc1)n1c-3nc2ccccc21. The first kappa shape index (κ1) is 19.3. The van der Waals surface area contributed by atoms with Gasteiger partial charge in [0.15, 0.2) is 5.82 Å². The van der Waals surface area contributed by atoms with E-state index in [2.05, 4.69) is 46.3 Å². The molecule has 6 rings (SSSR count). The standard InChI is InChI=1S/C25H22N4O2S/c1-14-12-16(13-30-2)20-21-22(32-25(20)26-14)24-27-18-6-4-5-7-19(18)29(24)23(28-21)15-8-10-17(31-3)11-9-15/h4-12,23,28H,13H2,1-3H3/t23-/m0/s1. The number of para-hydroxylation sites is 2. The number of nitrogens with one attached hydrogen (secondary N) is 1. The number of anilines is 1. The average molecular weight is 443 g/mol. The maximum atomic E-state index is 5.52. The Morgan fingerprint density at radius 1 is 1.06 bits per heavy atom. The Morgan fingerprint density at radius 3 is 2.66 bits per heavy atom. The molecular formula is C25H22N4O2S. The molecule has 4 heterocycles. The van der Waals surface area contributed by atoms with Crippen LogP contribution in [0.3, 0.4) is 0 Å². The smallest absolute Gasteiger partial charge is 0.155 e. The largest absolute Gasteiger partial charge is 0.497 e. The minimum absolute atomic E-state index is 0.106. The highest BCUT2D eigenvalue weighted by Gasteiger charge is 2.32. The third-order valence-electron chi connectivity index (χ3n) is 5.94. The Balaban J connectivity index is 1.65. The summed E-state index contributed by atoms with van der Waals surface area (Å²) in [5.41, 5.74) is 6.41. The first-order chi connectivity index (χ1) is 15.7. The highest BCUT2D eigenvalue weighted by atomic mass is 32.1. The number of nitrogens with zero attached hydrogens (tertiary/aromatic N) is 3. The maximum absolute atomic E-state index is 5.52. The van der Waals surface area contributed by atoms with E-state index in [1.54, 1.807) is 25.6 Å². The van der Waals surface area contributed by atoms with E-state index in [9.17, 15) is 0 Å². The first-order valence-electron chi connectivity index (χ1n) is 10.5. The minimum Gasteiger partial charge on any atom is -0.497 e. The number of pyridine rings is 1. The van der Waals surface area contributed by atoms with Crippen molar-refractivity contribution in [3.05, 3.63) is 71.4 Å². The van der Waals surface area contributed by atoms with Gasteiger partial charge in [0.2, 0.25) is 0 Å². The van der Waals surface area contributed by atoms with Crippen LogP contribution in [0.1, 0.15) is 23.0 Å². The molecule has 0 amide bonds. The zero-order valence-electron chi connectivity index (χ0n) is 18.0. The van der Waals surface area contributed by atoms with Gasteiger partial charge in [0, 0.05) is 18.2 Å². The quantitative estimate of drug-likeness (QED) is 0.384. The number of rotatable bonds is 4. The van der Waals surface area contributed by atoms with E-state index in [1.807, 2.05) is 25.1 Å². The third-order valence-corrected chi connectivity index (χ3v) is 7.02. The molecule has 0 saturated carbocycles. The third kappa shape index (κ3) is 2.82. The Bertz CT molecular complexity index is 1470. The van der Waals surface area contributed by atoms with Gasteiger partial charge in [-0.05, 0) is 48.4 Å². The second-order valence-corrected chi connectivity index (χ2v) is 8.96. The van der Waals surface area contributed by atoms with Gasteiger partial charge in [-0.15, -0.1) is 11.3 Å². The lowest BCUT2D eigenvalue weighted by Crippen LogP contribution is -2.24. The summed E-state index contributed by atoms with van der Waals surface area (Å²) in [5, 5.41) is 4.94. The summed E-state index contributed by atoms with van der Waals surface area (Å²) in [4.78, 5) is 12.0. The second kappa shape index (κ2) is 7.32. The summed E-state index contributed by atoms with van der Waals surface area (Å²) in [6.45, 7) is 2.56. The molecule has 7 heteroatoms. The van der Waals surface area contributed by atoms with Crippen LogP contribution >= 0.6 is 11.3 Å².